The van der Waals surface area contributed by atoms with Crippen LogP contribution in [-0.2, 0) is 11.2 Å². The van der Waals surface area contributed by atoms with Gasteiger partial charge >= 0.3 is 0 Å². The van der Waals surface area contributed by atoms with Gasteiger partial charge in [-0.2, -0.15) is 0 Å². The minimum atomic E-state index is -0.248. The van der Waals surface area contributed by atoms with Crippen LogP contribution in [0.5, 0.6) is 0 Å². The number of piperazine rings is 1. The summed E-state index contributed by atoms with van der Waals surface area (Å²) >= 11 is 1.75. The van der Waals surface area contributed by atoms with Crippen molar-refractivity contribution >= 4 is 17.2 Å². The van der Waals surface area contributed by atoms with E-state index in [-0.39, 0.29) is 23.7 Å². The van der Waals surface area contributed by atoms with Gasteiger partial charge in [0, 0.05) is 43.5 Å². The quantitative estimate of drug-likeness (QED) is 0.790. The van der Waals surface area contributed by atoms with E-state index in [0.717, 1.165) is 31.7 Å². The molecule has 2 aromatic rings. The monoisotopic (exact) mass is 389 g/mol. The fourth-order valence-corrected chi connectivity index (χ4v) is 4.32. The van der Waals surface area contributed by atoms with E-state index in [1.807, 2.05) is 6.92 Å². The first-order valence-electron chi connectivity index (χ1n) is 9.51. The van der Waals surface area contributed by atoms with Crippen LogP contribution in [0.1, 0.15) is 23.4 Å². The number of carbonyl (C=O) groups is 1. The number of amides is 1. The van der Waals surface area contributed by atoms with Crippen molar-refractivity contribution in [3.63, 3.8) is 0 Å². The third-order valence-electron chi connectivity index (χ3n) is 5.22. The molecular formula is C21H28FN3OS. The van der Waals surface area contributed by atoms with E-state index in [9.17, 15) is 9.18 Å². The van der Waals surface area contributed by atoms with E-state index in [1.165, 1.54) is 17.0 Å². The molecule has 1 aromatic carbocycles. The standard InChI is InChI=1S/C21H28FN3OS/c1-16(14-17-5-7-18(22)8-6-17)21(26)23-15-19(20-4-3-13-27-20)25-11-9-24(2)10-12-25/h3-8,13,16,19H,9-12,14-15H2,1-2H3,(H,23,26). The van der Waals surface area contributed by atoms with Crippen LogP contribution in [0.4, 0.5) is 4.39 Å². The highest BCUT2D eigenvalue weighted by Crippen LogP contribution is 2.25. The van der Waals surface area contributed by atoms with Gasteiger partial charge in [-0.15, -0.1) is 11.3 Å². The van der Waals surface area contributed by atoms with Crippen molar-refractivity contribution in [3.05, 3.63) is 58.0 Å². The Hall–Kier alpha value is -1.76. The lowest BCUT2D eigenvalue weighted by molar-refractivity contribution is -0.124. The van der Waals surface area contributed by atoms with Crippen molar-refractivity contribution in [1.29, 1.82) is 0 Å². The molecule has 0 saturated carbocycles. The molecule has 0 bridgehead atoms. The van der Waals surface area contributed by atoms with Crippen LogP contribution >= 0.6 is 11.3 Å². The normalized spacial score (nSPS) is 18.2. The molecule has 0 radical (unpaired) electrons. The van der Waals surface area contributed by atoms with Crippen LogP contribution in [0.15, 0.2) is 41.8 Å². The van der Waals surface area contributed by atoms with Gasteiger partial charge in [-0.05, 0) is 42.6 Å². The highest BCUT2D eigenvalue weighted by atomic mass is 32.1. The molecule has 4 nitrogen and oxygen atoms in total. The van der Waals surface area contributed by atoms with Gasteiger partial charge in [0.05, 0.1) is 6.04 Å². The van der Waals surface area contributed by atoms with Crippen molar-refractivity contribution in [3.8, 4) is 0 Å². The van der Waals surface area contributed by atoms with Crippen LogP contribution in [0.25, 0.3) is 0 Å². The molecular weight excluding hydrogens is 361 g/mol. The average Bonchev–Trinajstić information content (AvgIpc) is 3.19. The summed E-state index contributed by atoms with van der Waals surface area (Å²) in [6, 6.07) is 10.8. The van der Waals surface area contributed by atoms with Crippen LogP contribution in [0.2, 0.25) is 0 Å². The Bertz CT molecular complexity index is 712. The Morgan fingerprint density at radius 3 is 2.52 bits per heavy atom. The van der Waals surface area contributed by atoms with E-state index in [4.69, 9.17) is 0 Å². The van der Waals surface area contributed by atoms with Gasteiger partial charge in [0.25, 0.3) is 0 Å². The molecule has 1 fully saturated rings. The number of nitrogens with zero attached hydrogens (tertiary/aromatic N) is 2. The number of hydrogen-bond acceptors (Lipinski definition) is 4. The lowest BCUT2D eigenvalue weighted by Crippen LogP contribution is -2.48. The van der Waals surface area contributed by atoms with Gasteiger partial charge < -0.3 is 10.2 Å². The fourth-order valence-electron chi connectivity index (χ4n) is 3.46. The van der Waals surface area contributed by atoms with Gasteiger partial charge in [0.1, 0.15) is 5.82 Å². The van der Waals surface area contributed by atoms with Crippen molar-refractivity contribution < 1.29 is 9.18 Å². The van der Waals surface area contributed by atoms with Crippen molar-refractivity contribution in [2.75, 3.05) is 39.8 Å². The third-order valence-corrected chi connectivity index (χ3v) is 6.20. The largest absolute Gasteiger partial charge is 0.354 e. The van der Waals surface area contributed by atoms with Crippen molar-refractivity contribution in [1.82, 2.24) is 15.1 Å². The maximum Gasteiger partial charge on any atom is 0.223 e. The molecule has 1 amide bonds. The van der Waals surface area contributed by atoms with E-state index in [1.54, 1.807) is 23.5 Å². The second-order valence-corrected chi connectivity index (χ2v) is 8.33. The van der Waals surface area contributed by atoms with Gasteiger partial charge in [-0.25, -0.2) is 4.39 Å². The van der Waals surface area contributed by atoms with Crippen LogP contribution in [0, 0.1) is 11.7 Å². The molecule has 1 aliphatic heterocycles. The molecule has 1 aliphatic rings. The highest BCUT2D eigenvalue weighted by molar-refractivity contribution is 7.10. The zero-order valence-electron chi connectivity index (χ0n) is 16.0. The minimum Gasteiger partial charge on any atom is -0.354 e. The SMILES string of the molecule is CC(Cc1ccc(F)cc1)C(=O)NCC(c1cccs1)N1CCN(C)CC1. The van der Waals surface area contributed by atoms with Crippen LogP contribution < -0.4 is 5.32 Å². The summed E-state index contributed by atoms with van der Waals surface area (Å²) in [6.07, 6.45) is 0.615. The molecule has 6 heteroatoms. The van der Waals surface area contributed by atoms with Gasteiger partial charge in [-0.1, -0.05) is 25.1 Å². The summed E-state index contributed by atoms with van der Waals surface area (Å²) in [5.41, 5.74) is 0.980. The van der Waals surface area contributed by atoms with Crippen molar-refractivity contribution in [2.45, 2.75) is 19.4 Å². The molecule has 1 aromatic heterocycles. The van der Waals surface area contributed by atoms with E-state index >= 15 is 0 Å². The second-order valence-electron chi connectivity index (χ2n) is 7.35. The first kappa shape index (κ1) is 20.0. The number of carbonyl (C=O) groups excluding carboxylic acids is 1. The summed E-state index contributed by atoms with van der Waals surface area (Å²) in [7, 11) is 2.15. The molecule has 2 atom stereocenters. The first-order valence-corrected chi connectivity index (χ1v) is 10.4. The summed E-state index contributed by atoms with van der Waals surface area (Å²) in [6.45, 7) is 6.68. The molecule has 0 spiro atoms. The van der Waals surface area contributed by atoms with E-state index in [0.29, 0.717) is 13.0 Å². The average molecular weight is 390 g/mol. The molecule has 0 aliphatic carbocycles. The number of likely N-dealkylation sites (N-methyl/N-ethyl adjacent to an activating group) is 1. The summed E-state index contributed by atoms with van der Waals surface area (Å²) in [5, 5.41) is 5.24. The molecule has 2 unspecified atom stereocenters. The van der Waals surface area contributed by atoms with Gasteiger partial charge in [-0.3, -0.25) is 9.69 Å². The molecule has 3 rings (SSSR count). The number of thiophene rings is 1. The number of benzene rings is 1. The first-order chi connectivity index (χ1) is 13.0. The molecule has 27 heavy (non-hydrogen) atoms. The predicted octanol–water partition coefficient (Wildman–Crippen LogP) is 3.17. The number of hydrogen-bond donors (Lipinski definition) is 1. The lowest BCUT2D eigenvalue weighted by atomic mass is 10.00. The second kappa shape index (κ2) is 9.44. The van der Waals surface area contributed by atoms with E-state index in [2.05, 4.69) is 39.7 Å². The van der Waals surface area contributed by atoms with Crippen molar-refractivity contribution in [2.24, 2.45) is 5.92 Å². The topological polar surface area (TPSA) is 35.6 Å². The zero-order valence-corrected chi connectivity index (χ0v) is 16.8. The Labute approximate surface area is 165 Å². The van der Waals surface area contributed by atoms with Crippen LogP contribution in [-0.4, -0.2) is 55.5 Å². The smallest absolute Gasteiger partial charge is 0.223 e. The van der Waals surface area contributed by atoms with Gasteiger partial charge in [0.2, 0.25) is 5.91 Å². The Balaban J connectivity index is 1.57. The number of nitrogens with one attached hydrogen (secondary N) is 1. The minimum absolute atomic E-state index is 0.0509. The maximum atomic E-state index is 13.0. The number of halogens is 1. The maximum absolute atomic E-state index is 13.0. The number of rotatable bonds is 7. The summed E-state index contributed by atoms with van der Waals surface area (Å²) in [4.78, 5) is 18.7. The lowest BCUT2D eigenvalue weighted by Gasteiger charge is -2.37. The predicted molar refractivity (Wildman–Crippen MR) is 108 cm³/mol. The van der Waals surface area contributed by atoms with Crippen LogP contribution in [0.3, 0.4) is 0 Å². The van der Waals surface area contributed by atoms with E-state index < -0.39 is 0 Å². The molecule has 1 saturated heterocycles. The van der Waals surface area contributed by atoms with Gasteiger partial charge in [0.15, 0.2) is 0 Å². The third kappa shape index (κ3) is 5.61. The fraction of sp³-hybridized carbons (Fsp3) is 0.476. The Kier molecular flexibility index (Phi) is 6.99. The highest BCUT2D eigenvalue weighted by Gasteiger charge is 2.25. The molecule has 146 valence electrons. The molecule has 1 N–H and O–H groups in total. The summed E-state index contributed by atoms with van der Waals surface area (Å²) < 4.78 is 13.0. The Morgan fingerprint density at radius 2 is 1.89 bits per heavy atom. The molecule has 2 heterocycles. The zero-order chi connectivity index (χ0) is 19.2. The summed E-state index contributed by atoms with van der Waals surface area (Å²) in [5.74, 6) is -0.344. The Morgan fingerprint density at radius 1 is 1.19 bits per heavy atom.